The molecular weight excluding hydrogens is 324 g/mol. The third-order valence-electron chi connectivity index (χ3n) is 2.46. The smallest absolute Gasteiger partial charge is 0.134 e. The Morgan fingerprint density at radius 3 is 2.89 bits per heavy atom. The van der Waals surface area contributed by atoms with E-state index in [1.807, 2.05) is 30.5 Å². The first-order chi connectivity index (χ1) is 9.13. The lowest BCUT2D eigenvalue weighted by atomic mass is 10.1. The van der Waals surface area contributed by atoms with Gasteiger partial charge in [0.05, 0.1) is 12.7 Å². The van der Waals surface area contributed by atoms with E-state index in [0.717, 1.165) is 26.5 Å². The predicted octanol–water partition coefficient (Wildman–Crippen LogP) is 4.29. The summed E-state index contributed by atoms with van der Waals surface area (Å²) in [6.45, 7) is 1.91. The van der Waals surface area contributed by atoms with E-state index in [4.69, 9.17) is 4.74 Å². The fraction of sp³-hybridized carbons (Fsp3) is 0.143. The van der Waals surface area contributed by atoms with Gasteiger partial charge in [0.15, 0.2) is 0 Å². The summed E-state index contributed by atoms with van der Waals surface area (Å²) in [5.41, 5.74) is 2.30. The number of thiazole rings is 1. The number of hydrogen-bond acceptors (Lipinski definition) is 4. The van der Waals surface area contributed by atoms with E-state index >= 15 is 0 Å². The molecule has 0 radical (unpaired) electrons. The Kier molecular flexibility index (Phi) is 4.35. The van der Waals surface area contributed by atoms with Crippen molar-refractivity contribution in [1.29, 1.82) is 5.26 Å². The number of allylic oxidation sites excluding steroid dienone is 1. The van der Waals surface area contributed by atoms with Crippen LogP contribution in [0.25, 0.3) is 11.6 Å². The number of nitrogens with zero attached hydrogens (tertiary/aromatic N) is 2. The van der Waals surface area contributed by atoms with Gasteiger partial charge >= 0.3 is 0 Å². The minimum absolute atomic E-state index is 0.537. The molecule has 0 bridgehead atoms. The lowest BCUT2D eigenvalue weighted by Gasteiger charge is -2.05. The largest absolute Gasteiger partial charge is 0.496 e. The van der Waals surface area contributed by atoms with E-state index in [-0.39, 0.29) is 0 Å². The SMILES string of the molecule is COc1ccc(Br)cc1/C=C(\C#N)c1nc(C)cs1. The number of rotatable bonds is 3. The minimum atomic E-state index is 0.537. The van der Waals surface area contributed by atoms with E-state index < -0.39 is 0 Å². The van der Waals surface area contributed by atoms with Gasteiger partial charge in [0.25, 0.3) is 0 Å². The van der Waals surface area contributed by atoms with Crippen molar-refractivity contribution >= 4 is 38.9 Å². The van der Waals surface area contributed by atoms with Crippen molar-refractivity contribution in [3.63, 3.8) is 0 Å². The molecule has 0 aliphatic rings. The molecule has 1 heterocycles. The Morgan fingerprint density at radius 2 is 2.32 bits per heavy atom. The van der Waals surface area contributed by atoms with Crippen LogP contribution in [0, 0.1) is 18.3 Å². The van der Waals surface area contributed by atoms with Crippen LogP contribution in [0.2, 0.25) is 0 Å². The fourth-order valence-electron chi connectivity index (χ4n) is 1.59. The van der Waals surface area contributed by atoms with Crippen molar-refractivity contribution in [3.8, 4) is 11.8 Å². The van der Waals surface area contributed by atoms with Gasteiger partial charge in [0, 0.05) is 21.1 Å². The molecular formula is C14H11BrN2OS. The summed E-state index contributed by atoms with van der Waals surface area (Å²) in [6.07, 6.45) is 1.79. The van der Waals surface area contributed by atoms with Gasteiger partial charge in [-0.15, -0.1) is 11.3 Å². The highest BCUT2D eigenvalue weighted by Crippen LogP contribution is 2.28. The van der Waals surface area contributed by atoms with Crippen LogP contribution in [-0.4, -0.2) is 12.1 Å². The van der Waals surface area contributed by atoms with E-state index in [9.17, 15) is 5.26 Å². The molecule has 0 saturated carbocycles. The van der Waals surface area contributed by atoms with Crippen LogP contribution >= 0.6 is 27.3 Å². The van der Waals surface area contributed by atoms with Crippen LogP contribution in [0.1, 0.15) is 16.3 Å². The number of methoxy groups -OCH3 is 1. The van der Waals surface area contributed by atoms with Crippen LogP contribution in [-0.2, 0) is 0 Å². The number of nitriles is 1. The van der Waals surface area contributed by atoms with Gasteiger partial charge < -0.3 is 4.74 Å². The van der Waals surface area contributed by atoms with E-state index in [1.165, 1.54) is 11.3 Å². The van der Waals surface area contributed by atoms with Crippen LogP contribution in [0.3, 0.4) is 0 Å². The third-order valence-corrected chi connectivity index (χ3v) is 3.95. The highest BCUT2D eigenvalue weighted by Gasteiger charge is 2.08. The Labute approximate surface area is 124 Å². The lowest BCUT2D eigenvalue weighted by Crippen LogP contribution is -1.88. The van der Waals surface area contributed by atoms with Gasteiger partial charge in [0.1, 0.15) is 16.8 Å². The number of benzene rings is 1. The zero-order valence-corrected chi connectivity index (χ0v) is 12.9. The summed E-state index contributed by atoms with van der Waals surface area (Å²) in [5, 5.41) is 11.9. The number of hydrogen-bond donors (Lipinski definition) is 0. The zero-order valence-electron chi connectivity index (χ0n) is 10.5. The second kappa shape index (κ2) is 6.00. The zero-order chi connectivity index (χ0) is 13.8. The highest BCUT2D eigenvalue weighted by atomic mass is 79.9. The summed E-state index contributed by atoms with van der Waals surface area (Å²) < 4.78 is 6.23. The molecule has 0 spiro atoms. The molecule has 19 heavy (non-hydrogen) atoms. The lowest BCUT2D eigenvalue weighted by molar-refractivity contribution is 0.414. The molecule has 0 aliphatic heterocycles. The Morgan fingerprint density at radius 1 is 1.53 bits per heavy atom. The first-order valence-corrected chi connectivity index (χ1v) is 7.19. The summed E-state index contributed by atoms with van der Waals surface area (Å²) in [7, 11) is 1.61. The molecule has 1 aromatic heterocycles. The normalized spacial score (nSPS) is 11.2. The molecule has 0 atom stereocenters. The van der Waals surface area contributed by atoms with E-state index in [1.54, 1.807) is 13.2 Å². The van der Waals surface area contributed by atoms with Crippen LogP contribution in [0.5, 0.6) is 5.75 Å². The molecule has 5 heteroatoms. The van der Waals surface area contributed by atoms with Crippen LogP contribution < -0.4 is 4.74 Å². The van der Waals surface area contributed by atoms with Gasteiger partial charge in [-0.3, -0.25) is 0 Å². The number of ether oxygens (including phenoxy) is 1. The van der Waals surface area contributed by atoms with Crippen molar-refractivity contribution in [2.24, 2.45) is 0 Å². The highest BCUT2D eigenvalue weighted by molar-refractivity contribution is 9.10. The average molecular weight is 335 g/mol. The maximum Gasteiger partial charge on any atom is 0.134 e. The summed E-state index contributed by atoms with van der Waals surface area (Å²) in [6, 6.07) is 7.86. The number of halogens is 1. The molecule has 96 valence electrons. The van der Waals surface area contributed by atoms with Crippen LogP contribution in [0.15, 0.2) is 28.1 Å². The van der Waals surface area contributed by atoms with E-state index in [0.29, 0.717) is 5.57 Å². The molecule has 2 rings (SSSR count). The minimum Gasteiger partial charge on any atom is -0.496 e. The number of aromatic nitrogens is 1. The van der Waals surface area contributed by atoms with Gasteiger partial charge in [-0.25, -0.2) is 4.98 Å². The van der Waals surface area contributed by atoms with Crippen molar-refractivity contribution in [3.05, 3.63) is 44.3 Å². The molecule has 3 nitrogen and oxygen atoms in total. The standard InChI is InChI=1S/C14H11BrN2OS/c1-9-8-19-14(17-9)11(7-16)5-10-6-12(15)3-4-13(10)18-2/h3-6,8H,1-2H3/b11-5+. The van der Waals surface area contributed by atoms with E-state index in [2.05, 4.69) is 27.0 Å². The van der Waals surface area contributed by atoms with Crippen molar-refractivity contribution in [1.82, 2.24) is 4.98 Å². The average Bonchev–Trinajstić information content (AvgIpc) is 2.82. The van der Waals surface area contributed by atoms with Gasteiger partial charge in [0.2, 0.25) is 0 Å². The quantitative estimate of drug-likeness (QED) is 0.786. The molecule has 0 amide bonds. The maximum atomic E-state index is 9.28. The first-order valence-electron chi connectivity index (χ1n) is 5.52. The summed E-state index contributed by atoms with van der Waals surface area (Å²) >= 11 is 4.88. The number of aryl methyl sites for hydroxylation is 1. The van der Waals surface area contributed by atoms with Crippen molar-refractivity contribution < 1.29 is 4.74 Å². The summed E-state index contributed by atoms with van der Waals surface area (Å²) in [5.74, 6) is 0.726. The molecule has 0 unspecified atom stereocenters. The Balaban J connectivity index is 2.49. The Bertz CT molecular complexity index is 670. The second-order valence-electron chi connectivity index (χ2n) is 3.85. The van der Waals surface area contributed by atoms with Crippen LogP contribution in [0.4, 0.5) is 0 Å². The fourth-order valence-corrected chi connectivity index (χ4v) is 2.73. The molecule has 0 saturated heterocycles. The topological polar surface area (TPSA) is 45.9 Å². The maximum absolute atomic E-state index is 9.28. The van der Waals surface area contributed by atoms with Gasteiger partial charge in [-0.2, -0.15) is 5.26 Å². The first kappa shape index (κ1) is 13.8. The second-order valence-corrected chi connectivity index (χ2v) is 5.62. The summed E-state index contributed by atoms with van der Waals surface area (Å²) in [4.78, 5) is 4.33. The monoisotopic (exact) mass is 334 g/mol. The predicted molar refractivity (Wildman–Crippen MR) is 81.0 cm³/mol. The molecule has 2 aromatic rings. The van der Waals surface area contributed by atoms with Crippen molar-refractivity contribution in [2.45, 2.75) is 6.92 Å². The third kappa shape index (κ3) is 3.22. The molecule has 1 aromatic carbocycles. The molecule has 0 fully saturated rings. The molecule has 0 aliphatic carbocycles. The van der Waals surface area contributed by atoms with Gasteiger partial charge in [-0.1, -0.05) is 15.9 Å². The van der Waals surface area contributed by atoms with Crippen molar-refractivity contribution in [2.75, 3.05) is 7.11 Å². The van der Waals surface area contributed by atoms with Gasteiger partial charge in [-0.05, 0) is 31.2 Å². The Hall–Kier alpha value is -1.64. The molecule has 0 N–H and O–H groups in total.